The van der Waals surface area contributed by atoms with Crippen LogP contribution in [-0.2, 0) is 0 Å². The first-order valence-corrected chi connectivity index (χ1v) is 5.78. The van der Waals surface area contributed by atoms with E-state index in [0.717, 1.165) is 4.88 Å². The lowest BCUT2D eigenvalue weighted by atomic mass is 10.1. The van der Waals surface area contributed by atoms with Crippen molar-refractivity contribution in [3.63, 3.8) is 0 Å². The summed E-state index contributed by atoms with van der Waals surface area (Å²) in [4.78, 5) is 1.15. The highest BCUT2D eigenvalue weighted by Gasteiger charge is 2.07. The number of thiophene rings is 1. The van der Waals surface area contributed by atoms with Crippen LogP contribution in [0.3, 0.4) is 0 Å². The maximum atomic E-state index is 5.87. The summed E-state index contributed by atoms with van der Waals surface area (Å²) in [6.07, 6.45) is 0. The summed E-state index contributed by atoms with van der Waals surface area (Å²) < 4.78 is 0. The monoisotopic (exact) mass is 218 g/mol. The average Bonchev–Trinajstić information content (AvgIpc) is 2.78. The summed E-state index contributed by atoms with van der Waals surface area (Å²) in [7, 11) is 0. The van der Waals surface area contributed by atoms with Crippen molar-refractivity contribution in [2.24, 2.45) is 11.5 Å². The summed E-state index contributed by atoms with van der Waals surface area (Å²) in [6.45, 7) is 0.495. The van der Waals surface area contributed by atoms with Gasteiger partial charge in [-0.2, -0.15) is 0 Å². The van der Waals surface area contributed by atoms with Crippen molar-refractivity contribution < 1.29 is 0 Å². The fraction of sp³-hybridized carbons (Fsp3) is 0.167. The van der Waals surface area contributed by atoms with E-state index < -0.39 is 0 Å². The minimum atomic E-state index is -0.0348. The standard InChI is InChI=1S/C12H14N2S/c13-7-11(14)12-6-10(8-15-12)9-4-2-1-3-5-9/h1-6,8,11H,7,13-14H2. The van der Waals surface area contributed by atoms with Gasteiger partial charge in [-0.05, 0) is 22.6 Å². The molecule has 4 N–H and O–H groups in total. The second-order valence-electron chi connectivity index (χ2n) is 3.45. The molecule has 1 aromatic heterocycles. The van der Waals surface area contributed by atoms with Crippen molar-refractivity contribution in [2.45, 2.75) is 6.04 Å². The zero-order chi connectivity index (χ0) is 10.7. The predicted octanol–water partition coefficient (Wildman–Crippen LogP) is 2.37. The van der Waals surface area contributed by atoms with E-state index in [9.17, 15) is 0 Å². The van der Waals surface area contributed by atoms with E-state index in [1.165, 1.54) is 11.1 Å². The molecule has 0 fully saturated rings. The van der Waals surface area contributed by atoms with Crippen molar-refractivity contribution in [3.05, 3.63) is 46.7 Å². The van der Waals surface area contributed by atoms with Gasteiger partial charge >= 0.3 is 0 Å². The molecule has 3 heteroatoms. The third-order valence-electron chi connectivity index (χ3n) is 2.35. The summed E-state index contributed by atoms with van der Waals surface area (Å²) in [5.41, 5.74) is 13.9. The van der Waals surface area contributed by atoms with Gasteiger partial charge in [-0.25, -0.2) is 0 Å². The zero-order valence-electron chi connectivity index (χ0n) is 8.39. The number of benzene rings is 1. The van der Waals surface area contributed by atoms with E-state index in [4.69, 9.17) is 11.5 Å². The maximum absolute atomic E-state index is 5.87. The molecule has 2 nitrogen and oxygen atoms in total. The summed E-state index contributed by atoms with van der Waals surface area (Å²) >= 11 is 1.67. The first-order valence-electron chi connectivity index (χ1n) is 4.91. The van der Waals surface area contributed by atoms with E-state index in [2.05, 4.69) is 23.6 Å². The Bertz CT molecular complexity index is 422. The molecule has 0 aliphatic carbocycles. The Morgan fingerprint density at radius 2 is 1.87 bits per heavy atom. The van der Waals surface area contributed by atoms with Gasteiger partial charge in [-0.1, -0.05) is 30.3 Å². The van der Waals surface area contributed by atoms with Crippen LogP contribution >= 0.6 is 11.3 Å². The van der Waals surface area contributed by atoms with Crippen LogP contribution in [-0.4, -0.2) is 6.54 Å². The number of nitrogens with two attached hydrogens (primary N) is 2. The minimum absolute atomic E-state index is 0.0348. The largest absolute Gasteiger partial charge is 0.329 e. The van der Waals surface area contributed by atoms with Gasteiger partial charge < -0.3 is 11.5 Å². The molecule has 0 aliphatic rings. The molecule has 1 atom stereocenters. The topological polar surface area (TPSA) is 52.0 Å². The Balaban J connectivity index is 2.28. The highest BCUT2D eigenvalue weighted by atomic mass is 32.1. The summed E-state index contributed by atoms with van der Waals surface area (Å²) in [6, 6.07) is 12.4. The van der Waals surface area contributed by atoms with E-state index in [1.54, 1.807) is 11.3 Å². The Hall–Kier alpha value is -1.16. The molecule has 1 heterocycles. The van der Waals surface area contributed by atoms with Gasteiger partial charge in [0.15, 0.2) is 0 Å². The molecule has 0 saturated carbocycles. The molecule has 2 rings (SSSR count). The highest BCUT2D eigenvalue weighted by Crippen LogP contribution is 2.27. The lowest BCUT2D eigenvalue weighted by molar-refractivity contribution is 0.752. The molecule has 2 aromatic rings. The van der Waals surface area contributed by atoms with Crippen LogP contribution in [0.4, 0.5) is 0 Å². The molecule has 0 bridgehead atoms. The van der Waals surface area contributed by atoms with Gasteiger partial charge in [-0.15, -0.1) is 11.3 Å². The highest BCUT2D eigenvalue weighted by molar-refractivity contribution is 7.10. The third-order valence-corrected chi connectivity index (χ3v) is 3.41. The fourth-order valence-corrected chi connectivity index (χ4v) is 2.38. The van der Waals surface area contributed by atoms with Crippen LogP contribution in [0.25, 0.3) is 11.1 Å². The minimum Gasteiger partial charge on any atom is -0.329 e. The quantitative estimate of drug-likeness (QED) is 0.831. The lowest BCUT2D eigenvalue weighted by Crippen LogP contribution is -2.19. The summed E-state index contributed by atoms with van der Waals surface area (Å²) in [5.74, 6) is 0. The second kappa shape index (κ2) is 4.57. The van der Waals surface area contributed by atoms with E-state index in [-0.39, 0.29) is 6.04 Å². The molecule has 0 saturated heterocycles. The Kier molecular flexibility index (Phi) is 3.16. The SMILES string of the molecule is NCC(N)c1cc(-c2ccccc2)cs1. The fourth-order valence-electron chi connectivity index (χ4n) is 1.45. The Morgan fingerprint density at radius 1 is 1.13 bits per heavy atom. The van der Waals surface area contributed by atoms with Crippen molar-refractivity contribution in [2.75, 3.05) is 6.54 Å². The van der Waals surface area contributed by atoms with Crippen LogP contribution in [0.15, 0.2) is 41.8 Å². The van der Waals surface area contributed by atoms with Gasteiger partial charge in [0.2, 0.25) is 0 Å². The molecule has 0 radical (unpaired) electrons. The molecule has 0 amide bonds. The smallest absolute Gasteiger partial charge is 0.0514 e. The van der Waals surface area contributed by atoms with Crippen molar-refractivity contribution in [3.8, 4) is 11.1 Å². The van der Waals surface area contributed by atoms with Gasteiger partial charge in [0, 0.05) is 11.4 Å². The van der Waals surface area contributed by atoms with Crippen molar-refractivity contribution >= 4 is 11.3 Å². The van der Waals surface area contributed by atoms with Crippen molar-refractivity contribution in [1.82, 2.24) is 0 Å². The van der Waals surface area contributed by atoms with Gasteiger partial charge in [0.1, 0.15) is 0 Å². The molecule has 78 valence electrons. The Morgan fingerprint density at radius 3 is 2.53 bits per heavy atom. The van der Waals surface area contributed by atoms with E-state index in [0.29, 0.717) is 6.54 Å². The zero-order valence-corrected chi connectivity index (χ0v) is 9.21. The third kappa shape index (κ3) is 2.26. The van der Waals surface area contributed by atoms with Crippen LogP contribution in [0, 0.1) is 0 Å². The predicted molar refractivity (Wildman–Crippen MR) is 65.7 cm³/mol. The molecular weight excluding hydrogens is 204 g/mol. The molecule has 0 aliphatic heterocycles. The molecular formula is C12H14N2S. The van der Waals surface area contributed by atoms with E-state index >= 15 is 0 Å². The maximum Gasteiger partial charge on any atom is 0.0514 e. The summed E-state index contributed by atoms with van der Waals surface area (Å²) in [5, 5.41) is 2.13. The normalized spacial score (nSPS) is 12.7. The molecule has 1 aromatic carbocycles. The lowest BCUT2D eigenvalue weighted by Gasteiger charge is -2.03. The molecule has 0 spiro atoms. The first-order chi connectivity index (χ1) is 7.31. The van der Waals surface area contributed by atoms with E-state index in [1.807, 2.05) is 18.2 Å². The van der Waals surface area contributed by atoms with Gasteiger partial charge in [0.05, 0.1) is 6.04 Å². The van der Waals surface area contributed by atoms with Crippen LogP contribution in [0.1, 0.15) is 10.9 Å². The molecule has 15 heavy (non-hydrogen) atoms. The van der Waals surface area contributed by atoms with Crippen LogP contribution in [0.5, 0.6) is 0 Å². The number of hydrogen-bond donors (Lipinski definition) is 2. The number of hydrogen-bond acceptors (Lipinski definition) is 3. The first kappa shape index (κ1) is 10.4. The van der Waals surface area contributed by atoms with Gasteiger partial charge in [0.25, 0.3) is 0 Å². The van der Waals surface area contributed by atoms with Crippen LogP contribution < -0.4 is 11.5 Å². The van der Waals surface area contributed by atoms with Crippen molar-refractivity contribution in [1.29, 1.82) is 0 Å². The Labute approximate surface area is 93.5 Å². The molecule has 1 unspecified atom stereocenters. The van der Waals surface area contributed by atoms with Gasteiger partial charge in [-0.3, -0.25) is 0 Å². The number of rotatable bonds is 3. The second-order valence-corrected chi connectivity index (χ2v) is 4.39. The average molecular weight is 218 g/mol. The van der Waals surface area contributed by atoms with Crippen LogP contribution in [0.2, 0.25) is 0 Å².